The molecule has 1 aliphatic carbocycles. The molecular weight excluding hydrogens is 456 g/mol. The lowest BCUT2D eigenvalue weighted by Crippen LogP contribution is -2.30. The molecule has 9 heteroatoms. The topological polar surface area (TPSA) is 112 Å². The first kappa shape index (κ1) is 23.8. The van der Waals surface area contributed by atoms with Crippen molar-refractivity contribution < 1.29 is 23.7 Å². The maximum Gasteiger partial charge on any atom is 0.375 e. The van der Waals surface area contributed by atoms with Crippen molar-refractivity contribution in [2.75, 3.05) is 5.32 Å². The van der Waals surface area contributed by atoms with Gasteiger partial charge >= 0.3 is 5.97 Å². The molecule has 178 valence electrons. The van der Waals surface area contributed by atoms with Crippen LogP contribution < -0.4 is 5.32 Å². The van der Waals surface area contributed by atoms with Crippen LogP contribution in [-0.4, -0.2) is 28.2 Å². The third-order valence-electron chi connectivity index (χ3n) is 5.91. The van der Waals surface area contributed by atoms with Gasteiger partial charge in [0.15, 0.2) is 6.10 Å². The van der Waals surface area contributed by atoms with E-state index >= 15 is 0 Å². The monoisotopic (exact) mass is 482 g/mol. The standard InChI is InChI=1S/C25H26N2O6S/c1-16(24(28)26-20-12-6-7-13-21(20)27(30)31)32-25(29)23-19(15-34-17-9-3-2-4-10-17)18-11-5-8-14-22(18)33-23/h5-8,11-14,16-17H,2-4,9-10,15H2,1H3,(H,26,28). The molecule has 1 aromatic heterocycles. The van der Waals surface area contributed by atoms with Crippen molar-refractivity contribution >= 4 is 46.0 Å². The van der Waals surface area contributed by atoms with Crippen molar-refractivity contribution in [3.05, 3.63) is 70.0 Å². The van der Waals surface area contributed by atoms with Crippen molar-refractivity contribution in [2.24, 2.45) is 0 Å². The van der Waals surface area contributed by atoms with Gasteiger partial charge in [0.2, 0.25) is 5.76 Å². The molecule has 1 aliphatic rings. The second-order valence-electron chi connectivity index (χ2n) is 8.29. The minimum Gasteiger partial charge on any atom is -0.449 e. The number of nitrogens with zero attached hydrogens (tertiary/aromatic N) is 1. The van der Waals surface area contributed by atoms with Crippen molar-refractivity contribution in [3.63, 3.8) is 0 Å². The maximum atomic E-state index is 13.0. The Labute approximate surface area is 201 Å². The summed E-state index contributed by atoms with van der Waals surface area (Å²) in [6.07, 6.45) is 4.89. The summed E-state index contributed by atoms with van der Waals surface area (Å²) >= 11 is 1.82. The molecule has 0 spiro atoms. The van der Waals surface area contributed by atoms with Crippen LogP contribution in [0.1, 0.15) is 55.1 Å². The minimum atomic E-state index is -1.18. The Morgan fingerprint density at radius 1 is 1.15 bits per heavy atom. The van der Waals surface area contributed by atoms with Gasteiger partial charge < -0.3 is 14.5 Å². The molecule has 3 aromatic rings. The van der Waals surface area contributed by atoms with Gasteiger partial charge in [-0.1, -0.05) is 49.6 Å². The van der Waals surface area contributed by atoms with E-state index in [1.54, 1.807) is 12.1 Å². The molecule has 34 heavy (non-hydrogen) atoms. The lowest BCUT2D eigenvalue weighted by Gasteiger charge is -2.20. The predicted octanol–water partition coefficient (Wildman–Crippen LogP) is 6.09. The van der Waals surface area contributed by atoms with E-state index in [1.165, 1.54) is 57.2 Å². The molecule has 0 bridgehead atoms. The van der Waals surface area contributed by atoms with E-state index in [0.717, 1.165) is 10.9 Å². The Hall–Kier alpha value is -3.33. The number of para-hydroxylation sites is 3. The third-order valence-corrected chi connectivity index (χ3v) is 7.31. The number of nitro groups is 1. The Morgan fingerprint density at radius 2 is 1.85 bits per heavy atom. The van der Waals surface area contributed by atoms with Crippen molar-refractivity contribution in [3.8, 4) is 0 Å². The number of rotatable bonds is 8. The Bertz CT molecular complexity index is 1200. The largest absolute Gasteiger partial charge is 0.449 e. The number of esters is 1. The number of hydrogen-bond donors (Lipinski definition) is 1. The number of hydrogen-bond acceptors (Lipinski definition) is 7. The number of carbonyl (C=O) groups is 2. The van der Waals surface area contributed by atoms with Crippen LogP contribution in [0.3, 0.4) is 0 Å². The summed E-state index contributed by atoms with van der Waals surface area (Å²) in [5.41, 5.74) is 1.15. The highest BCUT2D eigenvalue weighted by Gasteiger charge is 2.27. The summed E-state index contributed by atoms with van der Waals surface area (Å²) in [7, 11) is 0. The van der Waals surface area contributed by atoms with Gasteiger partial charge in [0.05, 0.1) is 4.92 Å². The molecule has 0 aliphatic heterocycles. The lowest BCUT2D eigenvalue weighted by atomic mass is 10.0. The third kappa shape index (κ3) is 5.41. The van der Waals surface area contributed by atoms with Crippen molar-refractivity contribution in [1.82, 2.24) is 0 Å². The summed E-state index contributed by atoms with van der Waals surface area (Å²) in [5, 5.41) is 15.1. The SMILES string of the molecule is CC(OC(=O)c1oc2ccccc2c1CSC1CCCCC1)C(=O)Nc1ccccc1[N+](=O)[O-]. The van der Waals surface area contributed by atoms with E-state index in [4.69, 9.17) is 9.15 Å². The molecule has 1 atom stereocenters. The van der Waals surface area contributed by atoms with E-state index in [2.05, 4.69) is 5.32 Å². The van der Waals surface area contributed by atoms with Gasteiger partial charge in [-0.25, -0.2) is 4.79 Å². The molecule has 8 nitrogen and oxygen atoms in total. The summed E-state index contributed by atoms with van der Waals surface area (Å²) < 4.78 is 11.3. The first-order valence-electron chi connectivity index (χ1n) is 11.3. The molecule has 1 unspecified atom stereocenters. The smallest absolute Gasteiger partial charge is 0.375 e. The van der Waals surface area contributed by atoms with Crippen molar-refractivity contribution in [1.29, 1.82) is 0 Å². The second kappa shape index (κ2) is 10.7. The molecule has 1 saturated carbocycles. The maximum absolute atomic E-state index is 13.0. The van der Waals surface area contributed by atoms with Crippen molar-refractivity contribution in [2.45, 2.75) is 56.1 Å². The minimum absolute atomic E-state index is 0.0358. The first-order valence-corrected chi connectivity index (χ1v) is 12.4. The highest BCUT2D eigenvalue weighted by Crippen LogP contribution is 2.35. The average Bonchev–Trinajstić information content (AvgIpc) is 3.22. The number of fused-ring (bicyclic) bond motifs is 1. The Morgan fingerprint density at radius 3 is 2.62 bits per heavy atom. The summed E-state index contributed by atoms with van der Waals surface area (Å²) in [5.74, 6) is -0.699. The summed E-state index contributed by atoms with van der Waals surface area (Å²) in [4.78, 5) is 36.2. The van der Waals surface area contributed by atoms with Gasteiger partial charge in [-0.3, -0.25) is 14.9 Å². The zero-order valence-corrected chi connectivity index (χ0v) is 19.6. The normalized spacial score (nSPS) is 15.1. The van der Waals surface area contributed by atoms with Gasteiger partial charge in [0.25, 0.3) is 11.6 Å². The van der Waals surface area contributed by atoms with E-state index < -0.39 is 22.9 Å². The highest BCUT2D eigenvalue weighted by molar-refractivity contribution is 7.99. The van der Waals surface area contributed by atoms with E-state index in [9.17, 15) is 19.7 Å². The van der Waals surface area contributed by atoms with E-state index in [1.807, 2.05) is 30.0 Å². The van der Waals surface area contributed by atoms with Crippen LogP contribution in [0, 0.1) is 10.1 Å². The summed E-state index contributed by atoms with van der Waals surface area (Å²) in [6, 6.07) is 13.2. The molecule has 4 rings (SSSR count). The number of ether oxygens (including phenoxy) is 1. The van der Waals surface area contributed by atoms with E-state index in [0.29, 0.717) is 16.6 Å². The highest BCUT2D eigenvalue weighted by atomic mass is 32.2. The van der Waals surface area contributed by atoms with Crippen LogP contribution in [0.2, 0.25) is 0 Å². The molecular formula is C25H26N2O6S. The molecule has 0 radical (unpaired) electrons. The number of amides is 1. The van der Waals surface area contributed by atoms with Crippen LogP contribution in [0.25, 0.3) is 11.0 Å². The van der Waals surface area contributed by atoms with Gasteiger partial charge in [-0.2, -0.15) is 11.8 Å². The van der Waals surface area contributed by atoms with E-state index in [-0.39, 0.29) is 17.1 Å². The molecule has 2 aromatic carbocycles. The fraction of sp³-hybridized carbons (Fsp3) is 0.360. The first-order chi connectivity index (χ1) is 16.4. The number of furan rings is 1. The molecule has 0 saturated heterocycles. The molecule has 1 N–H and O–H groups in total. The number of nitrogens with one attached hydrogen (secondary N) is 1. The number of carbonyl (C=O) groups excluding carboxylic acids is 2. The zero-order valence-electron chi connectivity index (χ0n) is 18.8. The quantitative estimate of drug-likeness (QED) is 0.235. The number of nitro benzene ring substituents is 1. The number of anilines is 1. The van der Waals surface area contributed by atoms with Crippen LogP contribution in [0.15, 0.2) is 52.9 Å². The van der Waals surface area contributed by atoms with Crippen LogP contribution >= 0.6 is 11.8 Å². The number of benzene rings is 2. The number of thioether (sulfide) groups is 1. The summed E-state index contributed by atoms with van der Waals surface area (Å²) in [6.45, 7) is 1.42. The molecule has 1 amide bonds. The lowest BCUT2D eigenvalue weighted by molar-refractivity contribution is -0.383. The fourth-order valence-corrected chi connectivity index (χ4v) is 5.44. The van der Waals surface area contributed by atoms with Crippen LogP contribution in [0.4, 0.5) is 11.4 Å². The van der Waals surface area contributed by atoms with Gasteiger partial charge in [-0.15, -0.1) is 0 Å². The van der Waals surface area contributed by atoms with Gasteiger partial charge in [-0.05, 0) is 31.9 Å². The fourth-order valence-electron chi connectivity index (χ4n) is 4.08. The van der Waals surface area contributed by atoms with Gasteiger partial charge in [0, 0.05) is 28.0 Å². The molecule has 1 heterocycles. The van der Waals surface area contributed by atoms with Crippen LogP contribution in [-0.2, 0) is 15.3 Å². The zero-order chi connectivity index (χ0) is 24.1. The van der Waals surface area contributed by atoms with Crippen LogP contribution in [0.5, 0.6) is 0 Å². The average molecular weight is 483 g/mol. The Kier molecular flexibility index (Phi) is 7.52. The van der Waals surface area contributed by atoms with Gasteiger partial charge in [0.1, 0.15) is 11.3 Å². The molecule has 1 fully saturated rings. The second-order valence-corrected chi connectivity index (χ2v) is 9.58. The predicted molar refractivity (Wildman–Crippen MR) is 131 cm³/mol. The Balaban J connectivity index is 1.48.